The molecule has 0 aliphatic rings. The van der Waals surface area contributed by atoms with Gasteiger partial charge in [-0.25, -0.2) is 4.79 Å². The van der Waals surface area contributed by atoms with E-state index in [0.29, 0.717) is 5.56 Å². The number of hydrogen-bond donors (Lipinski definition) is 1. The Hall–Kier alpha value is -2.87. The topological polar surface area (TPSA) is 83.1 Å². The Balaban J connectivity index is 2.42. The molecule has 5 nitrogen and oxygen atoms in total. The zero-order valence-electron chi connectivity index (χ0n) is 9.91. The van der Waals surface area contributed by atoms with E-state index in [-0.39, 0.29) is 23.2 Å². The number of pyridine rings is 1. The highest BCUT2D eigenvalue weighted by Crippen LogP contribution is 2.12. The summed E-state index contributed by atoms with van der Waals surface area (Å²) in [6, 6.07) is 11.0. The summed E-state index contributed by atoms with van der Waals surface area (Å²) in [6.07, 6.45) is 1.62. The van der Waals surface area contributed by atoms with Crippen molar-refractivity contribution in [2.45, 2.75) is 6.54 Å². The van der Waals surface area contributed by atoms with Crippen LogP contribution in [0.25, 0.3) is 0 Å². The fraction of sp³-hybridized carbons (Fsp3) is 0.0714. The molecule has 1 aromatic heterocycles. The lowest BCUT2D eigenvalue weighted by molar-refractivity contribution is 0.0697. The molecule has 0 radical (unpaired) electrons. The van der Waals surface area contributed by atoms with Crippen LogP contribution >= 0.6 is 0 Å². The standard InChI is InChI=1S/C14H10N2O3/c15-8-12-7-10(14(18)19)4-5-11(12)9-16-6-2-1-3-13(16)17/h1-7H,9H2,(H,18,19). The average molecular weight is 254 g/mol. The normalized spacial score (nSPS) is 9.84. The molecule has 94 valence electrons. The number of carboxylic acids is 1. The van der Waals surface area contributed by atoms with Crippen LogP contribution in [0.3, 0.4) is 0 Å². The molecule has 0 saturated carbocycles. The number of aromatic carboxylic acids is 1. The molecule has 0 atom stereocenters. The molecule has 5 heteroatoms. The SMILES string of the molecule is N#Cc1cc(C(=O)O)ccc1Cn1ccccc1=O. The van der Waals surface area contributed by atoms with Crippen LogP contribution < -0.4 is 5.56 Å². The smallest absolute Gasteiger partial charge is 0.335 e. The minimum absolute atomic E-state index is 0.0562. The molecule has 2 aromatic rings. The second-order valence-electron chi connectivity index (χ2n) is 3.96. The van der Waals surface area contributed by atoms with Crippen LogP contribution in [0.15, 0.2) is 47.4 Å². The van der Waals surface area contributed by atoms with Crippen molar-refractivity contribution in [3.8, 4) is 6.07 Å². The van der Waals surface area contributed by atoms with Gasteiger partial charge in [0, 0.05) is 12.3 Å². The molecule has 0 fully saturated rings. The largest absolute Gasteiger partial charge is 0.478 e. The Morgan fingerprint density at radius 2 is 2.11 bits per heavy atom. The molecule has 1 aromatic carbocycles. The predicted octanol–water partition coefficient (Wildman–Crippen LogP) is 1.47. The molecule has 1 heterocycles. The Labute approximate surface area is 109 Å². The van der Waals surface area contributed by atoms with Crippen molar-refractivity contribution in [3.63, 3.8) is 0 Å². The first-order valence-corrected chi connectivity index (χ1v) is 5.53. The van der Waals surface area contributed by atoms with Crippen LogP contribution in [0.1, 0.15) is 21.5 Å². The van der Waals surface area contributed by atoms with E-state index in [9.17, 15) is 9.59 Å². The number of hydrogen-bond acceptors (Lipinski definition) is 3. The fourth-order valence-electron chi connectivity index (χ4n) is 1.73. The van der Waals surface area contributed by atoms with Gasteiger partial charge in [-0.15, -0.1) is 0 Å². The number of nitrogens with zero attached hydrogens (tertiary/aromatic N) is 2. The Morgan fingerprint density at radius 3 is 2.74 bits per heavy atom. The number of carboxylic acid groups (broad SMARTS) is 1. The van der Waals surface area contributed by atoms with Crippen molar-refractivity contribution in [1.82, 2.24) is 4.57 Å². The van der Waals surface area contributed by atoms with Gasteiger partial charge >= 0.3 is 5.97 Å². The predicted molar refractivity (Wildman–Crippen MR) is 67.9 cm³/mol. The zero-order valence-corrected chi connectivity index (χ0v) is 9.91. The Morgan fingerprint density at radius 1 is 1.32 bits per heavy atom. The highest BCUT2D eigenvalue weighted by atomic mass is 16.4. The van der Waals surface area contributed by atoms with E-state index in [1.807, 2.05) is 6.07 Å². The molecular formula is C14H10N2O3. The zero-order chi connectivity index (χ0) is 13.8. The lowest BCUT2D eigenvalue weighted by Gasteiger charge is -2.07. The molecule has 19 heavy (non-hydrogen) atoms. The van der Waals surface area contributed by atoms with Crippen LogP contribution in [0, 0.1) is 11.3 Å². The van der Waals surface area contributed by atoms with E-state index in [1.54, 1.807) is 24.4 Å². The van der Waals surface area contributed by atoms with Crippen LogP contribution in [0.4, 0.5) is 0 Å². The van der Waals surface area contributed by atoms with Gasteiger partial charge in [-0.3, -0.25) is 4.79 Å². The van der Waals surface area contributed by atoms with Crippen molar-refractivity contribution in [3.05, 3.63) is 69.6 Å². The van der Waals surface area contributed by atoms with Gasteiger partial charge in [0.05, 0.1) is 23.7 Å². The maximum atomic E-state index is 11.6. The third-order valence-corrected chi connectivity index (χ3v) is 2.72. The van der Waals surface area contributed by atoms with Crippen molar-refractivity contribution in [2.75, 3.05) is 0 Å². The summed E-state index contributed by atoms with van der Waals surface area (Å²) in [6.45, 7) is 0.239. The molecule has 0 unspecified atom stereocenters. The minimum Gasteiger partial charge on any atom is -0.478 e. The molecule has 0 amide bonds. The summed E-state index contributed by atoms with van der Waals surface area (Å²) >= 11 is 0. The maximum Gasteiger partial charge on any atom is 0.335 e. The first-order chi connectivity index (χ1) is 9.11. The fourth-order valence-corrected chi connectivity index (χ4v) is 1.73. The van der Waals surface area contributed by atoms with Crippen LogP contribution in [-0.4, -0.2) is 15.6 Å². The second-order valence-corrected chi connectivity index (χ2v) is 3.96. The van der Waals surface area contributed by atoms with E-state index in [4.69, 9.17) is 10.4 Å². The lowest BCUT2D eigenvalue weighted by Crippen LogP contribution is -2.18. The van der Waals surface area contributed by atoms with Gasteiger partial charge in [-0.05, 0) is 23.8 Å². The van der Waals surface area contributed by atoms with Crippen LogP contribution in [0.5, 0.6) is 0 Å². The molecule has 0 spiro atoms. The summed E-state index contributed by atoms with van der Waals surface area (Å²) in [5.41, 5.74) is 0.755. The quantitative estimate of drug-likeness (QED) is 0.898. The molecule has 0 aliphatic carbocycles. The van der Waals surface area contributed by atoms with Gasteiger partial charge in [0.25, 0.3) is 5.56 Å². The lowest BCUT2D eigenvalue weighted by atomic mass is 10.0. The summed E-state index contributed by atoms with van der Waals surface area (Å²) in [4.78, 5) is 22.4. The molecular weight excluding hydrogens is 244 g/mol. The van der Waals surface area contributed by atoms with Crippen molar-refractivity contribution in [2.24, 2.45) is 0 Å². The van der Waals surface area contributed by atoms with E-state index < -0.39 is 5.97 Å². The van der Waals surface area contributed by atoms with Gasteiger partial charge < -0.3 is 9.67 Å². The Bertz CT molecular complexity index is 726. The number of nitriles is 1. The summed E-state index contributed by atoms with van der Waals surface area (Å²) < 4.78 is 1.45. The molecule has 0 aliphatic heterocycles. The molecule has 0 saturated heterocycles. The number of rotatable bonds is 3. The summed E-state index contributed by atoms with van der Waals surface area (Å²) in [7, 11) is 0. The maximum absolute atomic E-state index is 11.6. The number of aromatic nitrogens is 1. The highest BCUT2D eigenvalue weighted by Gasteiger charge is 2.09. The third kappa shape index (κ3) is 2.69. The second kappa shape index (κ2) is 5.19. The Kier molecular flexibility index (Phi) is 3.44. The van der Waals surface area contributed by atoms with Crippen molar-refractivity contribution >= 4 is 5.97 Å². The molecule has 0 bridgehead atoms. The van der Waals surface area contributed by atoms with Gasteiger partial charge in [-0.2, -0.15) is 5.26 Å². The first-order valence-electron chi connectivity index (χ1n) is 5.53. The van der Waals surface area contributed by atoms with E-state index in [2.05, 4.69) is 0 Å². The van der Waals surface area contributed by atoms with Gasteiger partial charge in [0.15, 0.2) is 0 Å². The number of benzene rings is 1. The minimum atomic E-state index is -1.08. The third-order valence-electron chi connectivity index (χ3n) is 2.72. The molecule has 1 N–H and O–H groups in total. The molecule has 2 rings (SSSR count). The van der Waals surface area contributed by atoms with Gasteiger partial charge in [-0.1, -0.05) is 12.1 Å². The van der Waals surface area contributed by atoms with Gasteiger partial charge in [0.1, 0.15) is 0 Å². The van der Waals surface area contributed by atoms with Crippen molar-refractivity contribution < 1.29 is 9.90 Å². The highest BCUT2D eigenvalue weighted by molar-refractivity contribution is 5.88. The van der Waals surface area contributed by atoms with Gasteiger partial charge in [0.2, 0.25) is 0 Å². The van der Waals surface area contributed by atoms with Crippen LogP contribution in [0.2, 0.25) is 0 Å². The van der Waals surface area contributed by atoms with E-state index in [0.717, 1.165) is 0 Å². The van der Waals surface area contributed by atoms with E-state index >= 15 is 0 Å². The average Bonchev–Trinajstić information content (AvgIpc) is 2.41. The first kappa shape index (κ1) is 12.6. The summed E-state index contributed by atoms with van der Waals surface area (Å²) in [5.74, 6) is -1.08. The van der Waals surface area contributed by atoms with Crippen LogP contribution in [-0.2, 0) is 6.54 Å². The van der Waals surface area contributed by atoms with Crippen molar-refractivity contribution in [1.29, 1.82) is 5.26 Å². The monoisotopic (exact) mass is 254 g/mol. The van der Waals surface area contributed by atoms with E-state index in [1.165, 1.54) is 22.8 Å². The summed E-state index contributed by atoms with van der Waals surface area (Å²) in [5, 5.41) is 17.9. The number of carbonyl (C=O) groups is 1.